The molecule has 3 rings (SSSR count). The average molecular weight is 324 g/mol. The first-order chi connectivity index (χ1) is 11.0. The highest BCUT2D eigenvalue weighted by Gasteiger charge is 2.35. The van der Waals surface area contributed by atoms with Crippen molar-refractivity contribution in [2.75, 3.05) is 6.61 Å². The van der Waals surface area contributed by atoms with E-state index in [1.54, 1.807) is 0 Å². The maximum absolute atomic E-state index is 13.2. The Kier molecular flexibility index (Phi) is 4.68. The predicted molar refractivity (Wildman–Crippen MR) is 82.8 cm³/mol. The zero-order chi connectivity index (χ0) is 16.3. The molecule has 6 heteroatoms. The van der Waals surface area contributed by atoms with Crippen LogP contribution >= 0.6 is 0 Å². The maximum Gasteiger partial charge on any atom is 0.315 e. The van der Waals surface area contributed by atoms with Crippen LogP contribution in [0.15, 0.2) is 24.3 Å². The van der Waals surface area contributed by atoms with Gasteiger partial charge in [0.05, 0.1) is 12.6 Å². The molecule has 0 aromatic heterocycles. The molecule has 1 aromatic rings. The van der Waals surface area contributed by atoms with Gasteiger partial charge in [0.15, 0.2) is 0 Å². The number of fused-ring (bicyclic) bond motifs is 1. The van der Waals surface area contributed by atoms with E-state index >= 15 is 0 Å². The lowest BCUT2D eigenvalue weighted by Gasteiger charge is -2.29. The van der Waals surface area contributed by atoms with Crippen molar-refractivity contribution < 1.29 is 18.3 Å². The van der Waals surface area contributed by atoms with E-state index in [0.29, 0.717) is 19.4 Å². The van der Waals surface area contributed by atoms with E-state index < -0.39 is 5.92 Å². The third-order valence-corrected chi connectivity index (χ3v) is 4.55. The molecule has 2 amide bonds. The zero-order valence-corrected chi connectivity index (χ0v) is 13.0. The van der Waals surface area contributed by atoms with Crippen LogP contribution in [0.1, 0.15) is 50.1 Å². The highest BCUT2D eigenvalue weighted by molar-refractivity contribution is 5.75. The summed E-state index contributed by atoms with van der Waals surface area (Å²) >= 11 is 0. The molecule has 0 saturated heterocycles. The SMILES string of the molecule is O=C(NC1CCC(F)(F)CC1)NC1CCCOc2ccccc21. The number of benzene rings is 1. The van der Waals surface area contributed by atoms with Gasteiger partial charge in [0.1, 0.15) is 5.75 Å². The van der Waals surface area contributed by atoms with E-state index in [4.69, 9.17) is 4.74 Å². The van der Waals surface area contributed by atoms with Crippen LogP contribution in [0.4, 0.5) is 13.6 Å². The fourth-order valence-corrected chi connectivity index (χ4v) is 3.24. The Morgan fingerprint density at radius 1 is 1.13 bits per heavy atom. The summed E-state index contributed by atoms with van der Waals surface area (Å²) in [5.41, 5.74) is 0.968. The molecule has 1 saturated carbocycles. The first kappa shape index (κ1) is 16.0. The third kappa shape index (κ3) is 4.12. The summed E-state index contributed by atoms with van der Waals surface area (Å²) < 4.78 is 32.0. The fraction of sp³-hybridized carbons (Fsp3) is 0.588. The maximum atomic E-state index is 13.2. The lowest BCUT2D eigenvalue weighted by Crippen LogP contribution is -2.46. The highest BCUT2D eigenvalue weighted by atomic mass is 19.3. The van der Waals surface area contributed by atoms with Gasteiger partial charge >= 0.3 is 6.03 Å². The second-order valence-corrected chi connectivity index (χ2v) is 6.33. The number of alkyl halides is 2. The molecule has 1 atom stereocenters. The topological polar surface area (TPSA) is 50.4 Å². The summed E-state index contributed by atoms with van der Waals surface area (Å²) in [6, 6.07) is 7.10. The number of rotatable bonds is 2. The lowest BCUT2D eigenvalue weighted by molar-refractivity contribution is -0.0395. The van der Waals surface area contributed by atoms with Gasteiger partial charge < -0.3 is 15.4 Å². The van der Waals surface area contributed by atoms with Gasteiger partial charge in [0, 0.05) is 24.4 Å². The Balaban J connectivity index is 1.58. The van der Waals surface area contributed by atoms with E-state index in [-0.39, 0.29) is 31.0 Å². The van der Waals surface area contributed by atoms with Gasteiger partial charge in [-0.3, -0.25) is 0 Å². The van der Waals surface area contributed by atoms with Crippen molar-refractivity contribution in [3.05, 3.63) is 29.8 Å². The summed E-state index contributed by atoms with van der Waals surface area (Å²) in [4.78, 5) is 12.2. The molecule has 1 heterocycles. The quantitative estimate of drug-likeness (QED) is 0.870. The van der Waals surface area contributed by atoms with Crippen molar-refractivity contribution in [3.63, 3.8) is 0 Å². The number of urea groups is 1. The zero-order valence-electron chi connectivity index (χ0n) is 13.0. The van der Waals surface area contributed by atoms with Crippen LogP contribution in [0, 0.1) is 0 Å². The molecule has 1 aliphatic carbocycles. The summed E-state index contributed by atoms with van der Waals surface area (Å²) in [5.74, 6) is -1.78. The minimum atomic E-state index is -2.58. The number of nitrogens with one attached hydrogen (secondary N) is 2. The molecular weight excluding hydrogens is 302 g/mol. The summed E-state index contributed by atoms with van der Waals surface area (Å²) in [6.07, 6.45) is 1.99. The van der Waals surface area contributed by atoms with Crippen LogP contribution in [0.3, 0.4) is 0 Å². The largest absolute Gasteiger partial charge is 0.493 e. The molecule has 1 aliphatic heterocycles. The molecule has 23 heavy (non-hydrogen) atoms. The second-order valence-electron chi connectivity index (χ2n) is 6.33. The summed E-state index contributed by atoms with van der Waals surface area (Å²) in [6.45, 7) is 0.633. The van der Waals surface area contributed by atoms with E-state index in [0.717, 1.165) is 24.2 Å². The molecule has 0 bridgehead atoms. The first-order valence-electron chi connectivity index (χ1n) is 8.20. The average Bonchev–Trinajstić information content (AvgIpc) is 2.72. The molecule has 126 valence electrons. The number of hydrogen-bond donors (Lipinski definition) is 2. The number of amides is 2. The van der Waals surface area contributed by atoms with Crippen molar-refractivity contribution in [2.24, 2.45) is 0 Å². The number of halogens is 2. The van der Waals surface area contributed by atoms with Crippen LogP contribution in [0.25, 0.3) is 0 Å². The van der Waals surface area contributed by atoms with Crippen LogP contribution in [0.2, 0.25) is 0 Å². The van der Waals surface area contributed by atoms with Crippen molar-refractivity contribution in [1.82, 2.24) is 10.6 Å². The minimum Gasteiger partial charge on any atom is -0.493 e. The fourth-order valence-electron chi connectivity index (χ4n) is 3.24. The summed E-state index contributed by atoms with van der Waals surface area (Å²) in [5, 5.41) is 5.80. The monoisotopic (exact) mass is 324 g/mol. The minimum absolute atomic E-state index is 0.112. The van der Waals surface area contributed by atoms with E-state index in [1.165, 1.54) is 0 Å². The van der Waals surface area contributed by atoms with Crippen molar-refractivity contribution in [1.29, 1.82) is 0 Å². The van der Waals surface area contributed by atoms with E-state index in [2.05, 4.69) is 10.6 Å². The molecular formula is C17H22F2N2O2. The Morgan fingerprint density at radius 3 is 2.65 bits per heavy atom. The number of ether oxygens (including phenoxy) is 1. The highest BCUT2D eigenvalue weighted by Crippen LogP contribution is 2.33. The molecule has 1 unspecified atom stereocenters. The van der Waals surface area contributed by atoms with Crippen LogP contribution in [0.5, 0.6) is 5.75 Å². The third-order valence-electron chi connectivity index (χ3n) is 4.55. The Morgan fingerprint density at radius 2 is 1.87 bits per heavy atom. The van der Waals surface area contributed by atoms with Crippen LogP contribution < -0.4 is 15.4 Å². The van der Waals surface area contributed by atoms with E-state index in [1.807, 2.05) is 24.3 Å². The molecule has 2 N–H and O–H groups in total. The van der Waals surface area contributed by atoms with Crippen LogP contribution in [-0.4, -0.2) is 24.6 Å². The van der Waals surface area contributed by atoms with E-state index in [9.17, 15) is 13.6 Å². The standard InChI is InChI=1S/C17H22F2N2O2/c18-17(19)9-7-12(8-10-17)20-16(22)21-14-5-3-11-23-15-6-2-1-4-13(14)15/h1-2,4,6,12,14H,3,5,7-11H2,(H2,20,21,22). The molecule has 0 radical (unpaired) electrons. The van der Waals surface area contributed by atoms with Crippen molar-refractivity contribution in [2.45, 2.75) is 56.5 Å². The van der Waals surface area contributed by atoms with Gasteiger partial charge in [-0.1, -0.05) is 18.2 Å². The Bertz CT molecular complexity index is 555. The van der Waals surface area contributed by atoms with Crippen LogP contribution in [-0.2, 0) is 0 Å². The number of para-hydroxylation sites is 1. The van der Waals surface area contributed by atoms with Gasteiger partial charge in [0.25, 0.3) is 0 Å². The van der Waals surface area contributed by atoms with Gasteiger partial charge in [-0.2, -0.15) is 0 Å². The first-order valence-corrected chi connectivity index (χ1v) is 8.20. The van der Waals surface area contributed by atoms with Crippen molar-refractivity contribution in [3.8, 4) is 5.75 Å². The van der Waals surface area contributed by atoms with Crippen molar-refractivity contribution >= 4 is 6.03 Å². The lowest BCUT2D eigenvalue weighted by atomic mass is 9.92. The Hall–Kier alpha value is -1.85. The molecule has 0 spiro atoms. The molecule has 2 aliphatic rings. The van der Waals surface area contributed by atoms with Gasteiger partial charge in [-0.15, -0.1) is 0 Å². The normalized spacial score (nSPS) is 24.0. The number of carbonyl (C=O) groups is 1. The smallest absolute Gasteiger partial charge is 0.315 e. The second kappa shape index (κ2) is 6.72. The van der Waals surface area contributed by atoms with Gasteiger partial charge in [-0.25, -0.2) is 13.6 Å². The molecule has 1 fully saturated rings. The molecule has 4 nitrogen and oxygen atoms in total. The van der Waals surface area contributed by atoms with Gasteiger partial charge in [0.2, 0.25) is 5.92 Å². The van der Waals surface area contributed by atoms with Gasteiger partial charge in [-0.05, 0) is 31.7 Å². The molecule has 1 aromatic carbocycles. The number of hydrogen-bond acceptors (Lipinski definition) is 2. The summed E-state index contributed by atoms with van der Waals surface area (Å²) in [7, 11) is 0. The number of carbonyl (C=O) groups excluding carboxylic acids is 1. The predicted octanol–water partition coefficient (Wildman–Crippen LogP) is 3.78. The Labute approximate surface area is 134 Å².